The van der Waals surface area contributed by atoms with Crippen LogP contribution < -0.4 is 16.2 Å². The summed E-state index contributed by atoms with van der Waals surface area (Å²) in [6, 6.07) is 20.5. The monoisotopic (exact) mass is 402 g/mol. The van der Waals surface area contributed by atoms with Crippen LogP contribution in [0.15, 0.2) is 77.4 Å². The van der Waals surface area contributed by atoms with E-state index in [0.29, 0.717) is 22.5 Å². The van der Waals surface area contributed by atoms with Gasteiger partial charge in [-0.3, -0.25) is 15.6 Å². The van der Waals surface area contributed by atoms with Crippen molar-refractivity contribution in [1.29, 1.82) is 0 Å². The summed E-state index contributed by atoms with van der Waals surface area (Å²) in [5.41, 5.74) is 9.09. The zero-order chi connectivity index (χ0) is 20.2. The number of furan rings is 1. The SMILES string of the molecule is Cc1cccc(NC(=S)NNC(=O)c2cc(-c3ccco3)nc3ccccc23)c1. The summed E-state index contributed by atoms with van der Waals surface area (Å²) in [4.78, 5) is 17.5. The van der Waals surface area contributed by atoms with Crippen LogP contribution in [0.25, 0.3) is 22.4 Å². The number of hydrogen-bond donors (Lipinski definition) is 3. The molecule has 0 aliphatic heterocycles. The maximum absolute atomic E-state index is 12.9. The molecule has 29 heavy (non-hydrogen) atoms. The number of nitrogens with one attached hydrogen (secondary N) is 3. The number of hydrogen-bond acceptors (Lipinski definition) is 4. The largest absolute Gasteiger partial charge is 0.463 e. The Morgan fingerprint density at radius 3 is 2.66 bits per heavy atom. The molecule has 2 aromatic carbocycles. The summed E-state index contributed by atoms with van der Waals surface area (Å²) in [5, 5.41) is 4.06. The summed E-state index contributed by atoms with van der Waals surface area (Å²) in [6.07, 6.45) is 1.57. The average molecular weight is 402 g/mol. The van der Waals surface area contributed by atoms with Crippen LogP contribution in [0.1, 0.15) is 15.9 Å². The maximum Gasteiger partial charge on any atom is 0.270 e. The predicted molar refractivity (Wildman–Crippen MR) is 117 cm³/mol. The van der Waals surface area contributed by atoms with E-state index < -0.39 is 0 Å². The number of rotatable bonds is 3. The Labute approximate surface area is 172 Å². The standard InChI is InChI=1S/C22H18N4O2S/c1-14-6-4-7-15(12-14)23-22(29)26-25-21(27)17-13-19(20-10-5-11-28-20)24-18-9-3-2-8-16(17)18/h2-13H,1H3,(H,25,27)(H2,23,26,29). The molecule has 0 saturated carbocycles. The molecule has 0 atom stereocenters. The highest BCUT2D eigenvalue weighted by atomic mass is 32.1. The predicted octanol–water partition coefficient (Wildman–Crippen LogP) is 4.43. The van der Waals surface area contributed by atoms with Crippen molar-refractivity contribution in [2.45, 2.75) is 6.92 Å². The van der Waals surface area contributed by atoms with E-state index in [9.17, 15) is 4.79 Å². The molecule has 0 aliphatic rings. The quantitative estimate of drug-likeness (QED) is 0.347. The van der Waals surface area contributed by atoms with Gasteiger partial charge in [-0.2, -0.15) is 0 Å². The Bertz CT molecular complexity index is 1190. The normalized spacial score (nSPS) is 10.5. The van der Waals surface area contributed by atoms with Crippen LogP contribution in [-0.4, -0.2) is 16.0 Å². The number of para-hydroxylation sites is 1. The molecule has 7 heteroatoms. The number of aromatic nitrogens is 1. The first-order chi connectivity index (χ1) is 14.1. The Morgan fingerprint density at radius 1 is 1.00 bits per heavy atom. The Hall–Kier alpha value is -3.71. The van der Waals surface area contributed by atoms with Gasteiger partial charge in [-0.15, -0.1) is 0 Å². The van der Waals surface area contributed by atoms with Crippen LogP contribution in [0.5, 0.6) is 0 Å². The molecule has 0 bridgehead atoms. The fourth-order valence-electron chi connectivity index (χ4n) is 2.98. The molecular weight excluding hydrogens is 384 g/mol. The smallest absolute Gasteiger partial charge is 0.270 e. The van der Waals surface area contributed by atoms with Gasteiger partial charge in [0.05, 0.1) is 17.3 Å². The van der Waals surface area contributed by atoms with Gasteiger partial charge in [0.15, 0.2) is 10.9 Å². The summed E-state index contributed by atoms with van der Waals surface area (Å²) in [6.45, 7) is 1.99. The summed E-state index contributed by atoms with van der Waals surface area (Å²) < 4.78 is 5.44. The summed E-state index contributed by atoms with van der Waals surface area (Å²) in [5.74, 6) is 0.263. The van der Waals surface area contributed by atoms with Crippen molar-refractivity contribution in [3.8, 4) is 11.5 Å². The molecular formula is C22H18N4O2S. The molecule has 2 heterocycles. The zero-order valence-electron chi connectivity index (χ0n) is 15.6. The minimum atomic E-state index is -0.329. The molecule has 0 spiro atoms. The topological polar surface area (TPSA) is 79.2 Å². The van der Waals surface area contributed by atoms with E-state index in [0.717, 1.165) is 16.6 Å². The van der Waals surface area contributed by atoms with E-state index in [4.69, 9.17) is 16.6 Å². The lowest BCUT2D eigenvalue weighted by atomic mass is 10.1. The molecule has 0 radical (unpaired) electrons. The van der Waals surface area contributed by atoms with E-state index in [1.54, 1.807) is 24.5 Å². The maximum atomic E-state index is 12.9. The fourth-order valence-corrected chi connectivity index (χ4v) is 3.15. The van der Waals surface area contributed by atoms with E-state index in [1.165, 1.54) is 0 Å². The number of carbonyl (C=O) groups excluding carboxylic acids is 1. The number of amides is 1. The first-order valence-electron chi connectivity index (χ1n) is 8.98. The lowest BCUT2D eigenvalue weighted by Gasteiger charge is -2.13. The third-order valence-corrected chi connectivity index (χ3v) is 4.50. The fraction of sp³-hybridized carbons (Fsp3) is 0.0455. The van der Waals surface area contributed by atoms with Crippen LogP contribution in [0.2, 0.25) is 0 Å². The van der Waals surface area contributed by atoms with Gasteiger partial charge in [0, 0.05) is 11.1 Å². The van der Waals surface area contributed by atoms with E-state index >= 15 is 0 Å². The lowest BCUT2D eigenvalue weighted by Crippen LogP contribution is -2.43. The summed E-state index contributed by atoms with van der Waals surface area (Å²) >= 11 is 5.27. The molecule has 4 rings (SSSR count). The number of anilines is 1. The molecule has 0 unspecified atom stereocenters. The second-order valence-electron chi connectivity index (χ2n) is 6.45. The third kappa shape index (κ3) is 4.25. The van der Waals surface area contributed by atoms with Crippen molar-refractivity contribution in [3.63, 3.8) is 0 Å². The van der Waals surface area contributed by atoms with Crippen LogP contribution in [-0.2, 0) is 0 Å². The molecule has 3 N–H and O–H groups in total. The van der Waals surface area contributed by atoms with Gasteiger partial charge in [0.2, 0.25) is 0 Å². The Balaban J connectivity index is 1.54. The van der Waals surface area contributed by atoms with Crippen LogP contribution in [0.3, 0.4) is 0 Å². The van der Waals surface area contributed by atoms with Crippen molar-refractivity contribution >= 4 is 39.8 Å². The van der Waals surface area contributed by atoms with Crippen molar-refractivity contribution in [2.75, 3.05) is 5.32 Å². The molecule has 4 aromatic rings. The van der Waals surface area contributed by atoms with Gasteiger partial charge in [-0.05, 0) is 61.1 Å². The Morgan fingerprint density at radius 2 is 1.86 bits per heavy atom. The van der Waals surface area contributed by atoms with Crippen molar-refractivity contribution in [2.24, 2.45) is 0 Å². The molecule has 1 amide bonds. The van der Waals surface area contributed by atoms with Crippen LogP contribution >= 0.6 is 12.2 Å². The minimum Gasteiger partial charge on any atom is -0.463 e. The minimum absolute atomic E-state index is 0.286. The number of benzene rings is 2. The van der Waals surface area contributed by atoms with E-state index in [2.05, 4.69) is 21.2 Å². The summed E-state index contributed by atoms with van der Waals surface area (Å²) in [7, 11) is 0. The van der Waals surface area contributed by atoms with E-state index in [-0.39, 0.29) is 11.0 Å². The highest BCUT2D eigenvalue weighted by molar-refractivity contribution is 7.80. The second kappa shape index (κ2) is 8.12. The number of pyridine rings is 1. The molecule has 6 nitrogen and oxygen atoms in total. The van der Waals surface area contributed by atoms with Gasteiger partial charge in [-0.1, -0.05) is 30.3 Å². The van der Waals surface area contributed by atoms with E-state index in [1.807, 2.05) is 55.5 Å². The average Bonchev–Trinajstić information content (AvgIpc) is 3.26. The lowest BCUT2D eigenvalue weighted by molar-refractivity contribution is 0.0946. The number of thiocarbonyl (C=S) groups is 1. The second-order valence-corrected chi connectivity index (χ2v) is 6.86. The number of carbonyl (C=O) groups is 1. The van der Waals surface area contributed by atoms with Crippen LogP contribution in [0, 0.1) is 6.92 Å². The molecule has 0 saturated heterocycles. The van der Waals surface area contributed by atoms with Gasteiger partial charge in [-0.25, -0.2) is 4.98 Å². The van der Waals surface area contributed by atoms with Crippen molar-refractivity contribution < 1.29 is 9.21 Å². The van der Waals surface area contributed by atoms with Crippen LogP contribution in [0.4, 0.5) is 5.69 Å². The first kappa shape index (κ1) is 18.6. The highest BCUT2D eigenvalue weighted by Crippen LogP contribution is 2.25. The molecule has 2 aromatic heterocycles. The highest BCUT2D eigenvalue weighted by Gasteiger charge is 2.15. The third-order valence-electron chi connectivity index (χ3n) is 4.30. The number of hydrazine groups is 1. The first-order valence-corrected chi connectivity index (χ1v) is 9.38. The Kier molecular flexibility index (Phi) is 5.22. The molecule has 144 valence electrons. The number of nitrogens with zero attached hydrogens (tertiary/aromatic N) is 1. The van der Waals surface area contributed by atoms with Crippen molar-refractivity contribution in [1.82, 2.24) is 15.8 Å². The zero-order valence-corrected chi connectivity index (χ0v) is 16.4. The van der Waals surface area contributed by atoms with Gasteiger partial charge >= 0.3 is 0 Å². The van der Waals surface area contributed by atoms with Gasteiger partial charge in [0.25, 0.3) is 5.91 Å². The molecule has 0 fully saturated rings. The van der Waals surface area contributed by atoms with Gasteiger partial charge < -0.3 is 9.73 Å². The van der Waals surface area contributed by atoms with Crippen molar-refractivity contribution in [3.05, 3.63) is 84.1 Å². The molecule has 0 aliphatic carbocycles. The number of aryl methyl sites for hydroxylation is 1. The van der Waals surface area contributed by atoms with Gasteiger partial charge in [0.1, 0.15) is 5.69 Å². The number of fused-ring (bicyclic) bond motifs is 1.